The van der Waals surface area contributed by atoms with Gasteiger partial charge in [-0.05, 0) is 24.6 Å². The van der Waals surface area contributed by atoms with Crippen LogP contribution in [0.5, 0.6) is 0 Å². The molecular formula is C11H14ClN5. The van der Waals surface area contributed by atoms with Gasteiger partial charge < -0.3 is 0 Å². The zero-order chi connectivity index (χ0) is 12.3. The first-order valence-electron chi connectivity index (χ1n) is 5.35. The van der Waals surface area contributed by atoms with Crippen molar-refractivity contribution in [3.8, 4) is 0 Å². The van der Waals surface area contributed by atoms with E-state index in [-0.39, 0.29) is 6.04 Å². The molecule has 2 heterocycles. The van der Waals surface area contributed by atoms with E-state index < -0.39 is 0 Å². The van der Waals surface area contributed by atoms with E-state index in [1.807, 2.05) is 23.7 Å². The van der Waals surface area contributed by atoms with Crippen molar-refractivity contribution >= 4 is 11.6 Å². The summed E-state index contributed by atoms with van der Waals surface area (Å²) in [6.45, 7) is 2.75. The van der Waals surface area contributed by atoms with Crippen LogP contribution in [0.3, 0.4) is 0 Å². The van der Waals surface area contributed by atoms with Gasteiger partial charge in [-0.1, -0.05) is 11.6 Å². The second kappa shape index (κ2) is 5.27. The number of nitrogens with two attached hydrogens (primary N) is 1. The van der Waals surface area contributed by atoms with Crippen molar-refractivity contribution in [2.24, 2.45) is 5.84 Å². The van der Waals surface area contributed by atoms with E-state index >= 15 is 0 Å². The molecule has 0 aliphatic carbocycles. The van der Waals surface area contributed by atoms with E-state index in [0.29, 0.717) is 5.02 Å². The molecular weight excluding hydrogens is 238 g/mol. The van der Waals surface area contributed by atoms with Gasteiger partial charge in [-0.25, -0.2) is 5.43 Å². The highest BCUT2D eigenvalue weighted by Gasteiger charge is 2.20. The van der Waals surface area contributed by atoms with Gasteiger partial charge in [0.25, 0.3) is 0 Å². The Bertz CT molecular complexity index is 482. The number of halogens is 1. The Kier molecular flexibility index (Phi) is 3.73. The number of hydrogen-bond donors (Lipinski definition) is 2. The highest BCUT2D eigenvalue weighted by atomic mass is 35.5. The van der Waals surface area contributed by atoms with Crippen LogP contribution in [0, 0.1) is 0 Å². The van der Waals surface area contributed by atoms with Crippen LogP contribution in [-0.2, 0) is 6.54 Å². The summed E-state index contributed by atoms with van der Waals surface area (Å²) in [7, 11) is 0. The molecule has 0 radical (unpaired) electrons. The minimum absolute atomic E-state index is 0.187. The lowest BCUT2D eigenvalue weighted by Crippen LogP contribution is -2.31. The number of nitrogens with zero attached hydrogens (tertiary/aromatic N) is 3. The second-order valence-corrected chi connectivity index (χ2v) is 3.98. The number of nitrogens with one attached hydrogen (secondary N) is 1. The predicted molar refractivity (Wildman–Crippen MR) is 66.3 cm³/mol. The molecule has 2 aromatic heterocycles. The Balaban J connectivity index is 2.45. The number of pyridine rings is 1. The Morgan fingerprint density at radius 3 is 2.76 bits per heavy atom. The van der Waals surface area contributed by atoms with Crippen LogP contribution >= 0.6 is 11.6 Å². The van der Waals surface area contributed by atoms with Gasteiger partial charge >= 0.3 is 0 Å². The Hall–Kier alpha value is -1.43. The molecule has 3 N–H and O–H groups in total. The monoisotopic (exact) mass is 251 g/mol. The van der Waals surface area contributed by atoms with Crippen LogP contribution in [0.4, 0.5) is 0 Å². The quantitative estimate of drug-likeness (QED) is 0.638. The van der Waals surface area contributed by atoms with E-state index in [1.165, 1.54) is 0 Å². The minimum atomic E-state index is -0.187. The molecule has 0 spiro atoms. The maximum Gasteiger partial charge on any atom is 0.0894 e. The van der Waals surface area contributed by atoms with E-state index in [1.54, 1.807) is 18.6 Å². The molecule has 0 saturated carbocycles. The summed E-state index contributed by atoms with van der Waals surface area (Å²) in [5.41, 5.74) is 4.63. The van der Waals surface area contributed by atoms with Crippen molar-refractivity contribution in [3.05, 3.63) is 47.0 Å². The van der Waals surface area contributed by atoms with Crippen molar-refractivity contribution in [1.29, 1.82) is 0 Å². The fourth-order valence-electron chi connectivity index (χ4n) is 1.80. The maximum atomic E-state index is 6.15. The molecule has 17 heavy (non-hydrogen) atoms. The summed E-state index contributed by atoms with van der Waals surface area (Å²) in [5.74, 6) is 5.62. The molecule has 2 aromatic rings. The molecule has 0 amide bonds. The van der Waals surface area contributed by atoms with Crippen LogP contribution in [0.2, 0.25) is 5.02 Å². The van der Waals surface area contributed by atoms with Crippen molar-refractivity contribution in [3.63, 3.8) is 0 Å². The average molecular weight is 252 g/mol. The maximum absolute atomic E-state index is 6.15. The number of rotatable bonds is 4. The summed E-state index contributed by atoms with van der Waals surface area (Å²) in [5, 5.41) is 4.81. The van der Waals surface area contributed by atoms with Crippen LogP contribution in [0.25, 0.3) is 0 Å². The predicted octanol–water partition coefficient (Wildman–Crippen LogP) is 1.50. The molecule has 0 aliphatic heterocycles. The summed E-state index contributed by atoms with van der Waals surface area (Å²) in [6.07, 6.45) is 5.08. The Morgan fingerprint density at radius 1 is 1.47 bits per heavy atom. The normalized spacial score (nSPS) is 12.6. The lowest BCUT2D eigenvalue weighted by Gasteiger charge is -2.18. The summed E-state index contributed by atoms with van der Waals surface area (Å²) < 4.78 is 1.83. The summed E-state index contributed by atoms with van der Waals surface area (Å²) in [4.78, 5) is 3.98. The van der Waals surface area contributed by atoms with Crippen LogP contribution in [-0.4, -0.2) is 14.8 Å². The lowest BCUT2D eigenvalue weighted by molar-refractivity contribution is 0.543. The SMILES string of the molecule is CCn1ncc(Cl)c1C(NN)c1ccncc1. The molecule has 6 heteroatoms. The zero-order valence-corrected chi connectivity index (χ0v) is 10.2. The standard InChI is InChI=1S/C11H14ClN5/c1-2-17-11(9(12)7-15-17)10(16-13)8-3-5-14-6-4-8/h3-7,10,16H,2,13H2,1H3. The first-order chi connectivity index (χ1) is 8.27. The smallest absolute Gasteiger partial charge is 0.0894 e. The first-order valence-corrected chi connectivity index (χ1v) is 5.73. The topological polar surface area (TPSA) is 68.8 Å². The van der Waals surface area contributed by atoms with E-state index in [4.69, 9.17) is 17.4 Å². The third-order valence-corrected chi connectivity index (χ3v) is 2.90. The van der Waals surface area contributed by atoms with Crippen molar-refractivity contribution in [1.82, 2.24) is 20.2 Å². The van der Waals surface area contributed by atoms with E-state index in [2.05, 4.69) is 15.5 Å². The zero-order valence-electron chi connectivity index (χ0n) is 9.47. The highest BCUT2D eigenvalue weighted by molar-refractivity contribution is 6.31. The van der Waals surface area contributed by atoms with Gasteiger partial charge in [0, 0.05) is 18.9 Å². The molecule has 2 rings (SSSR count). The molecule has 0 aliphatic rings. The molecule has 0 bridgehead atoms. The lowest BCUT2D eigenvalue weighted by atomic mass is 10.1. The number of hydrazine groups is 1. The molecule has 0 fully saturated rings. The fourth-order valence-corrected chi connectivity index (χ4v) is 2.05. The molecule has 5 nitrogen and oxygen atoms in total. The van der Waals surface area contributed by atoms with Gasteiger partial charge in [-0.3, -0.25) is 15.5 Å². The molecule has 1 unspecified atom stereocenters. The van der Waals surface area contributed by atoms with Gasteiger partial charge in [-0.2, -0.15) is 5.10 Å². The molecule has 0 aromatic carbocycles. The van der Waals surface area contributed by atoms with E-state index in [9.17, 15) is 0 Å². The summed E-state index contributed by atoms with van der Waals surface area (Å²) in [6, 6.07) is 3.61. The molecule has 0 saturated heterocycles. The largest absolute Gasteiger partial charge is 0.271 e. The van der Waals surface area contributed by atoms with Gasteiger partial charge in [0.1, 0.15) is 0 Å². The van der Waals surface area contributed by atoms with Gasteiger partial charge in [-0.15, -0.1) is 0 Å². The highest BCUT2D eigenvalue weighted by Crippen LogP contribution is 2.27. The third-order valence-electron chi connectivity index (χ3n) is 2.61. The number of aryl methyl sites for hydroxylation is 1. The molecule has 1 atom stereocenters. The van der Waals surface area contributed by atoms with Gasteiger partial charge in [0.2, 0.25) is 0 Å². The van der Waals surface area contributed by atoms with Crippen LogP contribution < -0.4 is 11.3 Å². The number of aromatic nitrogens is 3. The van der Waals surface area contributed by atoms with Crippen molar-refractivity contribution < 1.29 is 0 Å². The summed E-state index contributed by atoms with van der Waals surface area (Å²) >= 11 is 6.15. The van der Waals surface area contributed by atoms with Crippen molar-refractivity contribution in [2.75, 3.05) is 0 Å². The Labute approximate surface area is 105 Å². The van der Waals surface area contributed by atoms with Gasteiger partial charge in [0.15, 0.2) is 0 Å². The van der Waals surface area contributed by atoms with Crippen LogP contribution in [0.15, 0.2) is 30.7 Å². The Morgan fingerprint density at radius 2 is 2.18 bits per heavy atom. The average Bonchev–Trinajstić information content (AvgIpc) is 2.74. The fraction of sp³-hybridized carbons (Fsp3) is 0.273. The third kappa shape index (κ3) is 2.31. The first kappa shape index (κ1) is 12.0. The minimum Gasteiger partial charge on any atom is -0.271 e. The second-order valence-electron chi connectivity index (χ2n) is 3.57. The van der Waals surface area contributed by atoms with E-state index in [0.717, 1.165) is 17.8 Å². The van der Waals surface area contributed by atoms with Gasteiger partial charge in [0.05, 0.1) is 23.0 Å². The molecule has 90 valence electrons. The number of hydrogen-bond acceptors (Lipinski definition) is 4. The van der Waals surface area contributed by atoms with Crippen LogP contribution in [0.1, 0.15) is 24.2 Å². The van der Waals surface area contributed by atoms with Crippen molar-refractivity contribution in [2.45, 2.75) is 19.5 Å².